The van der Waals surface area contributed by atoms with Crippen LogP contribution < -0.4 is 10.4 Å². The Morgan fingerprint density at radius 1 is 1.16 bits per heavy atom. The van der Waals surface area contributed by atoms with Gasteiger partial charge in [0.2, 0.25) is 5.79 Å². The molecular formula is C31H38ClN3O8. The Kier molecular flexibility index (Phi) is 7.55. The van der Waals surface area contributed by atoms with Gasteiger partial charge in [0, 0.05) is 30.2 Å². The Balaban J connectivity index is 0.947. The topological polar surface area (TPSA) is 116 Å². The van der Waals surface area contributed by atoms with Crippen molar-refractivity contribution in [1.29, 1.82) is 0 Å². The maximum absolute atomic E-state index is 12.1. The highest BCUT2D eigenvalue weighted by molar-refractivity contribution is 6.31. The van der Waals surface area contributed by atoms with E-state index in [1.54, 1.807) is 17.7 Å². The minimum atomic E-state index is -0.800. The number of para-hydroxylation sites is 1. The van der Waals surface area contributed by atoms with Crippen LogP contribution in [0.25, 0.3) is 11.0 Å². The summed E-state index contributed by atoms with van der Waals surface area (Å²) in [5.74, 6) is 0.856. The molecule has 1 spiro atoms. The first-order valence-corrected chi connectivity index (χ1v) is 15.6. The Morgan fingerprint density at radius 3 is 2.88 bits per heavy atom. The predicted molar refractivity (Wildman–Crippen MR) is 154 cm³/mol. The van der Waals surface area contributed by atoms with Crippen LogP contribution in [0, 0.1) is 30.6 Å². The number of nitrogens with zero attached hydrogens (tertiary/aromatic N) is 3. The molecule has 2 aromatic heterocycles. The summed E-state index contributed by atoms with van der Waals surface area (Å²) in [6, 6.07) is 5.41. The molecule has 3 aromatic rings. The summed E-state index contributed by atoms with van der Waals surface area (Å²) in [6.45, 7) is 9.51. The van der Waals surface area contributed by atoms with Crippen LogP contribution in [-0.2, 0) is 37.1 Å². The second-order valence-corrected chi connectivity index (χ2v) is 13.1. The number of ether oxygens (including phenoxy) is 4. The molecule has 0 N–H and O–H groups in total. The Hall–Kier alpha value is -2.54. The number of aryl methyl sites for hydroxylation is 2. The fraction of sp³-hybridized carbons (Fsp3) is 0.645. The molecule has 1 aliphatic carbocycles. The predicted octanol–water partition coefficient (Wildman–Crippen LogP) is 5.54. The van der Waals surface area contributed by atoms with Gasteiger partial charge in [-0.2, -0.15) is 0 Å². The van der Waals surface area contributed by atoms with Crippen LogP contribution in [-0.4, -0.2) is 45.6 Å². The third-order valence-corrected chi connectivity index (χ3v) is 10.4. The minimum Gasteiger partial charge on any atom is -0.483 e. The molecule has 4 saturated heterocycles. The van der Waals surface area contributed by atoms with Gasteiger partial charge in [0.15, 0.2) is 29.5 Å². The van der Waals surface area contributed by atoms with E-state index in [4.69, 9.17) is 44.7 Å². The van der Waals surface area contributed by atoms with E-state index >= 15 is 0 Å². The molecule has 1 aromatic carbocycles. The molecule has 4 aliphatic heterocycles. The molecule has 12 heteroatoms. The van der Waals surface area contributed by atoms with Crippen molar-refractivity contribution in [3.8, 4) is 5.75 Å². The molecule has 11 nitrogen and oxygen atoms in total. The summed E-state index contributed by atoms with van der Waals surface area (Å²) in [6.07, 6.45) is 5.64. The van der Waals surface area contributed by atoms with E-state index in [0.717, 1.165) is 37.5 Å². The average molecular weight is 616 g/mol. The lowest BCUT2D eigenvalue weighted by atomic mass is 9.58. The summed E-state index contributed by atoms with van der Waals surface area (Å²) in [7, 11) is 0. The highest BCUT2D eigenvalue weighted by Gasteiger charge is 2.69. The molecule has 0 radical (unpaired) electrons. The lowest BCUT2D eigenvalue weighted by molar-refractivity contribution is -0.577. The van der Waals surface area contributed by atoms with Crippen LogP contribution in [0.1, 0.15) is 64.1 Å². The van der Waals surface area contributed by atoms with Gasteiger partial charge in [-0.1, -0.05) is 42.8 Å². The molecule has 232 valence electrons. The summed E-state index contributed by atoms with van der Waals surface area (Å²) in [5, 5.41) is 9.26. The fourth-order valence-corrected chi connectivity index (χ4v) is 7.73. The number of halogens is 1. The Morgan fingerprint density at radius 2 is 2.02 bits per heavy atom. The van der Waals surface area contributed by atoms with Gasteiger partial charge in [0.1, 0.15) is 17.3 Å². The maximum Gasteiger partial charge on any atom is 0.355 e. The monoisotopic (exact) mass is 615 g/mol. The first kappa shape index (κ1) is 29.2. The van der Waals surface area contributed by atoms with E-state index in [1.807, 2.05) is 25.3 Å². The zero-order valence-corrected chi connectivity index (χ0v) is 25.7. The third-order valence-electron chi connectivity index (χ3n) is 9.96. The van der Waals surface area contributed by atoms with Crippen LogP contribution in [0.2, 0.25) is 5.02 Å². The number of aromatic nitrogens is 3. The summed E-state index contributed by atoms with van der Waals surface area (Å²) >= 11 is 6.07. The molecule has 5 aliphatic rings. The van der Waals surface area contributed by atoms with E-state index in [0.29, 0.717) is 47.6 Å². The first-order chi connectivity index (χ1) is 20.7. The molecule has 43 heavy (non-hydrogen) atoms. The molecule has 6 heterocycles. The van der Waals surface area contributed by atoms with E-state index in [1.165, 1.54) is 0 Å². The largest absolute Gasteiger partial charge is 0.483 e. The Bertz CT molecular complexity index is 1560. The van der Waals surface area contributed by atoms with Gasteiger partial charge in [-0.15, -0.1) is 5.10 Å². The van der Waals surface area contributed by atoms with Crippen molar-refractivity contribution >= 4 is 22.6 Å². The van der Waals surface area contributed by atoms with Crippen LogP contribution in [0.15, 0.2) is 33.6 Å². The Labute approximate surface area is 254 Å². The molecule has 8 atom stereocenters. The number of rotatable bonds is 8. The van der Waals surface area contributed by atoms with Gasteiger partial charge in [-0.25, -0.2) is 14.6 Å². The van der Waals surface area contributed by atoms with Crippen molar-refractivity contribution in [3.63, 3.8) is 0 Å². The van der Waals surface area contributed by atoms with Crippen LogP contribution in [0.5, 0.6) is 5.75 Å². The molecule has 0 unspecified atom stereocenters. The highest BCUT2D eigenvalue weighted by Crippen LogP contribution is 2.60. The summed E-state index contributed by atoms with van der Waals surface area (Å²) < 4.78 is 32.3. The third kappa shape index (κ3) is 4.98. The van der Waals surface area contributed by atoms with Gasteiger partial charge in [0.05, 0.1) is 12.8 Å². The lowest BCUT2D eigenvalue weighted by Gasteiger charge is -2.60. The van der Waals surface area contributed by atoms with E-state index in [2.05, 4.69) is 24.2 Å². The average Bonchev–Trinajstić information content (AvgIpc) is 3.33. The highest BCUT2D eigenvalue weighted by atomic mass is 35.5. The van der Waals surface area contributed by atoms with E-state index in [-0.39, 0.29) is 29.8 Å². The number of hydrogen-bond acceptors (Lipinski definition) is 10. The fourth-order valence-electron chi connectivity index (χ4n) is 7.59. The summed E-state index contributed by atoms with van der Waals surface area (Å²) in [5.41, 5.74) is 0.485. The zero-order valence-electron chi connectivity index (χ0n) is 24.9. The molecule has 2 bridgehead atoms. The molecule has 0 amide bonds. The second-order valence-electron chi connectivity index (χ2n) is 12.7. The molecule has 1 saturated carbocycles. The second kappa shape index (κ2) is 11.1. The van der Waals surface area contributed by atoms with Gasteiger partial charge >= 0.3 is 5.63 Å². The number of benzene rings is 1. The quantitative estimate of drug-likeness (QED) is 0.182. The van der Waals surface area contributed by atoms with Gasteiger partial charge < -0.3 is 23.4 Å². The van der Waals surface area contributed by atoms with Crippen molar-refractivity contribution in [1.82, 2.24) is 15.0 Å². The van der Waals surface area contributed by atoms with Gasteiger partial charge in [-0.05, 0) is 63.0 Å². The van der Waals surface area contributed by atoms with Crippen molar-refractivity contribution in [3.05, 3.63) is 51.1 Å². The number of hydrogen-bond donors (Lipinski definition) is 0. The van der Waals surface area contributed by atoms with Crippen LogP contribution in [0.4, 0.5) is 0 Å². The lowest BCUT2D eigenvalue weighted by Crippen LogP contribution is -2.70. The SMILES string of the molecule is Cc1c(Cl)c(=O)oc2c(OCc3cn(CCCO[C@@H]4O[C@@H]5O[C@@]6(C)CC[C@H]7[C@H](C)CC[C@@H]([C@H]4C)[C@@]57OO6)nn3)cccc12. The van der Waals surface area contributed by atoms with Crippen LogP contribution >= 0.6 is 11.6 Å². The van der Waals surface area contributed by atoms with Gasteiger partial charge in [-0.3, -0.25) is 4.68 Å². The standard InChI is InChI=1S/C31H38ClN3O8/c1-17-9-10-23-19(3)28(40-29-31(23)22(17)11-12-30(4,41-29)42-43-31)37-14-6-13-35-15-20(33-34-35)16-38-24-8-5-7-21-18(2)25(32)27(36)39-26(21)24/h5,7-8,15,17,19,22-23,28-29H,6,9-14,16H2,1-4H3/t17-,19-,22+,23+,28-,29-,30-,31-/m1/s1. The first-order valence-electron chi connectivity index (χ1n) is 15.2. The van der Waals surface area contributed by atoms with Gasteiger partial charge in [0.25, 0.3) is 0 Å². The minimum absolute atomic E-state index is 0.0741. The van der Waals surface area contributed by atoms with Crippen molar-refractivity contribution in [2.45, 2.75) is 96.9 Å². The maximum atomic E-state index is 12.1. The van der Waals surface area contributed by atoms with E-state index < -0.39 is 23.3 Å². The normalized spacial score (nSPS) is 35.1. The van der Waals surface area contributed by atoms with E-state index in [9.17, 15) is 4.79 Å². The molecule has 5 fully saturated rings. The number of fused-ring (bicyclic) bond motifs is 3. The smallest absolute Gasteiger partial charge is 0.355 e. The van der Waals surface area contributed by atoms with Crippen molar-refractivity contribution in [2.24, 2.45) is 23.7 Å². The molecule has 8 rings (SSSR count). The zero-order chi connectivity index (χ0) is 29.9. The summed E-state index contributed by atoms with van der Waals surface area (Å²) in [4.78, 5) is 24.2. The van der Waals surface area contributed by atoms with Crippen molar-refractivity contribution in [2.75, 3.05) is 6.61 Å². The van der Waals surface area contributed by atoms with Crippen LogP contribution in [0.3, 0.4) is 0 Å². The van der Waals surface area contributed by atoms with Crippen molar-refractivity contribution < 1.29 is 33.1 Å². The molecular weight excluding hydrogens is 578 g/mol.